The Kier molecular flexibility index (Phi) is 23.1. The minimum absolute atomic E-state index is 0.0301. The average molecular weight is 854 g/mol. The summed E-state index contributed by atoms with van der Waals surface area (Å²) in [6, 6.07) is 7.68. The van der Waals surface area contributed by atoms with Crippen LogP contribution in [0.2, 0.25) is 0 Å². The lowest BCUT2D eigenvalue weighted by Gasteiger charge is -2.32. The Bertz CT molecular complexity index is 1900. The van der Waals surface area contributed by atoms with Gasteiger partial charge >= 0.3 is 24.2 Å². The molecule has 21 nitrogen and oxygen atoms in total. The van der Waals surface area contributed by atoms with Gasteiger partial charge in [0.25, 0.3) is 5.91 Å². The number of aromatic nitrogens is 4. The number of amides is 4. The SMILES string of the molecule is CC(C)(C)OC(=O)NCC(=O)CN.CC(C)(C)OC(=O)NCC(=O)CNC(=O)c1cnccn1.CCOC(=O)N1c2ccccc2C=CC1OCC.O=C(O)c1cnccn1. The second-order valence-electron chi connectivity index (χ2n) is 14.0. The number of fused-ring (bicyclic) bond motifs is 1. The van der Waals surface area contributed by atoms with E-state index < -0.39 is 41.5 Å². The maximum Gasteiger partial charge on any atom is 0.416 e. The fraction of sp³-hybridized carbons (Fsp3) is 0.425. The summed E-state index contributed by atoms with van der Waals surface area (Å²) in [7, 11) is 0. The molecule has 1 aromatic carbocycles. The first-order valence-electron chi connectivity index (χ1n) is 18.8. The molecule has 0 saturated carbocycles. The number of ketones is 2. The molecule has 0 radical (unpaired) electrons. The summed E-state index contributed by atoms with van der Waals surface area (Å²) in [4.78, 5) is 94.4. The summed E-state index contributed by atoms with van der Waals surface area (Å²) in [5.74, 6) is -2.15. The van der Waals surface area contributed by atoms with Crippen LogP contribution in [0.5, 0.6) is 0 Å². The standard InChI is InChI=1S/C14H17NO3.C13H18N4O4.C8H16N2O3.C5H4N2O2/c1-3-17-13-10-9-11-7-5-6-8-12(11)15(13)14(16)18-4-2;1-13(2,3)21-12(20)17-7-9(18)6-16-11(19)10-8-14-4-5-15-10;1-8(2,3)13-7(12)10-5-6(11)4-9;8-5(9)4-3-6-1-2-7-4/h5-10,13H,3-4H2,1-2H3;4-5,8H,6-7H2,1-3H3,(H,16,19)(H,17,20);4-5,9H2,1-3H3,(H,10,12);1-3H,(H,8,9). The van der Waals surface area contributed by atoms with E-state index in [2.05, 4.69) is 35.9 Å². The molecule has 61 heavy (non-hydrogen) atoms. The van der Waals surface area contributed by atoms with Crippen LogP contribution in [0.25, 0.3) is 6.08 Å². The Balaban J connectivity index is 0.000000424. The zero-order valence-corrected chi connectivity index (χ0v) is 35.5. The van der Waals surface area contributed by atoms with Gasteiger partial charge in [0.2, 0.25) is 0 Å². The van der Waals surface area contributed by atoms with E-state index in [1.165, 1.54) is 37.2 Å². The number of rotatable bonds is 12. The Morgan fingerprint density at radius 3 is 1.72 bits per heavy atom. The van der Waals surface area contributed by atoms with Gasteiger partial charge in [0.15, 0.2) is 23.5 Å². The molecule has 3 heterocycles. The number of Topliss-reactive ketones (excluding diaryl/α,β-unsaturated/α-hetero) is 2. The Hall–Kier alpha value is -6.87. The number of carboxylic acids is 1. The van der Waals surface area contributed by atoms with Gasteiger partial charge in [-0.1, -0.05) is 24.3 Å². The topological polar surface area (TPSA) is 294 Å². The van der Waals surface area contributed by atoms with Crippen molar-refractivity contribution in [2.75, 3.05) is 44.3 Å². The van der Waals surface area contributed by atoms with Crippen LogP contribution in [0.15, 0.2) is 67.5 Å². The lowest BCUT2D eigenvalue weighted by Crippen LogP contribution is -2.43. The lowest BCUT2D eigenvalue weighted by atomic mass is 10.1. The second-order valence-corrected chi connectivity index (χ2v) is 14.0. The maximum absolute atomic E-state index is 12.0. The number of nitrogens with two attached hydrogens (primary N) is 1. The highest BCUT2D eigenvalue weighted by Gasteiger charge is 2.29. The largest absolute Gasteiger partial charge is 0.476 e. The molecule has 6 N–H and O–H groups in total. The summed E-state index contributed by atoms with van der Waals surface area (Å²) < 4.78 is 20.5. The van der Waals surface area contributed by atoms with E-state index in [0.717, 1.165) is 11.3 Å². The highest BCUT2D eigenvalue weighted by Crippen LogP contribution is 2.29. The number of carbonyl (C=O) groups excluding carboxylic acids is 6. The highest BCUT2D eigenvalue weighted by atomic mass is 16.6. The minimum atomic E-state index is -1.05. The van der Waals surface area contributed by atoms with Crippen molar-refractivity contribution in [1.82, 2.24) is 35.9 Å². The molecule has 1 unspecified atom stereocenters. The minimum Gasteiger partial charge on any atom is -0.476 e. The van der Waals surface area contributed by atoms with Crippen LogP contribution in [0.4, 0.5) is 20.1 Å². The van der Waals surface area contributed by atoms with Gasteiger partial charge in [-0.25, -0.2) is 34.0 Å². The van der Waals surface area contributed by atoms with E-state index in [1.807, 2.05) is 43.3 Å². The third kappa shape index (κ3) is 22.8. The first kappa shape index (κ1) is 52.1. The molecule has 0 spiro atoms. The second kappa shape index (κ2) is 27.0. The van der Waals surface area contributed by atoms with E-state index in [-0.39, 0.29) is 55.2 Å². The summed E-state index contributed by atoms with van der Waals surface area (Å²) in [6.45, 7) is 14.4. The zero-order valence-electron chi connectivity index (χ0n) is 35.5. The van der Waals surface area contributed by atoms with Gasteiger partial charge in [-0.3, -0.25) is 24.4 Å². The lowest BCUT2D eigenvalue weighted by molar-refractivity contribution is -0.117. The van der Waals surface area contributed by atoms with E-state index >= 15 is 0 Å². The molecule has 1 aliphatic rings. The summed E-state index contributed by atoms with van der Waals surface area (Å²) in [5, 5.41) is 15.3. The Labute approximate surface area is 353 Å². The molecule has 3 aromatic rings. The van der Waals surface area contributed by atoms with Crippen molar-refractivity contribution < 1.29 is 57.6 Å². The molecule has 1 aliphatic heterocycles. The third-order valence-electron chi connectivity index (χ3n) is 6.60. The molecule has 4 amide bonds. The first-order valence-corrected chi connectivity index (χ1v) is 18.8. The number of aromatic carboxylic acids is 1. The quantitative estimate of drug-likeness (QED) is 0.163. The van der Waals surface area contributed by atoms with Crippen molar-refractivity contribution >= 4 is 53.5 Å². The van der Waals surface area contributed by atoms with Crippen LogP contribution in [0, 0.1) is 0 Å². The predicted molar refractivity (Wildman–Crippen MR) is 221 cm³/mol. The van der Waals surface area contributed by atoms with Gasteiger partial charge in [-0.2, -0.15) is 0 Å². The highest BCUT2D eigenvalue weighted by molar-refractivity contribution is 5.96. The van der Waals surface area contributed by atoms with Gasteiger partial charge in [0, 0.05) is 31.4 Å². The Morgan fingerprint density at radius 2 is 1.26 bits per heavy atom. The van der Waals surface area contributed by atoms with Crippen molar-refractivity contribution in [3.05, 3.63) is 84.5 Å². The average Bonchev–Trinajstić information content (AvgIpc) is 3.21. The molecule has 332 valence electrons. The van der Waals surface area contributed by atoms with E-state index in [1.54, 1.807) is 53.4 Å². The number of hydrogen-bond donors (Lipinski definition) is 5. The number of nitrogens with one attached hydrogen (secondary N) is 3. The van der Waals surface area contributed by atoms with Crippen LogP contribution >= 0.6 is 0 Å². The molecule has 2 aromatic heterocycles. The number of anilines is 1. The number of alkyl carbamates (subject to hydrolysis) is 2. The predicted octanol–water partition coefficient (Wildman–Crippen LogP) is 3.55. The first-order chi connectivity index (χ1) is 28.7. The molecular weight excluding hydrogens is 798 g/mol. The summed E-state index contributed by atoms with van der Waals surface area (Å²) >= 11 is 0. The van der Waals surface area contributed by atoms with Crippen LogP contribution in [0.3, 0.4) is 0 Å². The van der Waals surface area contributed by atoms with Crippen LogP contribution in [0.1, 0.15) is 81.9 Å². The van der Waals surface area contributed by atoms with Crippen molar-refractivity contribution in [2.24, 2.45) is 5.73 Å². The van der Waals surface area contributed by atoms with E-state index in [0.29, 0.717) is 13.2 Å². The van der Waals surface area contributed by atoms with Gasteiger partial charge in [0.05, 0.1) is 50.9 Å². The van der Waals surface area contributed by atoms with Crippen LogP contribution in [-0.4, -0.2) is 124 Å². The number of carboxylic acid groups (broad SMARTS) is 1. The van der Waals surface area contributed by atoms with Gasteiger partial charge < -0.3 is 45.7 Å². The molecule has 21 heteroatoms. The van der Waals surface area contributed by atoms with E-state index in [4.69, 9.17) is 29.8 Å². The summed E-state index contributed by atoms with van der Waals surface area (Å²) in [5.41, 5.74) is 5.76. The Morgan fingerprint density at radius 1 is 0.738 bits per heavy atom. The number of hydrogen-bond acceptors (Lipinski definition) is 16. The number of ether oxygens (including phenoxy) is 4. The van der Waals surface area contributed by atoms with Crippen molar-refractivity contribution in [3.63, 3.8) is 0 Å². The van der Waals surface area contributed by atoms with Crippen molar-refractivity contribution in [3.8, 4) is 0 Å². The number of nitrogens with zero attached hydrogens (tertiary/aromatic N) is 5. The molecule has 0 bridgehead atoms. The molecule has 0 aliphatic carbocycles. The van der Waals surface area contributed by atoms with Gasteiger partial charge in [-0.05, 0) is 73.1 Å². The normalized spacial score (nSPS) is 12.4. The molecule has 0 fully saturated rings. The van der Waals surface area contributed by atoms with E-state index in [9.17, 15) is 33.6 Å². The zero-order chi connectivity index (χ0) is 46.0. The maximum atomic E-state index is 12.0. The van der Waals surface area contributed by atoms with Crippen molar-refractivity contribution in [1.29, 1.82) is 0 Å². The van der Waals surface area contributed by atoms with Crippen molar-refractivity contribution in [2.45, 2.75) is 72.8 Å². The number of benzene rings is 1. The number of carbonyl (C=O) groups is 7. The van der Waals surface area contributed by atoms with Crippen LogP contribution < -0.4 is 26.6 Å². The van der Waals surface area contributed by atoms with Gasteiger partial charge in [-0.15, -0.1) is 0 Å². The molecule has 0 saturated heterocycles. The fourth-order valence-corrected chi connectivity index (χ4v) is 4.15. The van der Waals surface area contributed by atoms with Gasteiger partial charge in [0.1, 0.15) is 16.9 Å². The monoisotopic (exact) mass is 853 g/mol. The third-order valence-corrected chi connectivity index (χ3v) is 6.60. The smallest absolute Gasteiger partial charge is 0.416 e. The van der Waals surface area contributed by atoms with Crippen LogP contribution in [-0.2, 0) is 28.5 Å². The fourth-order valence-electron chi connectivity index (χ4n) is 4.15. The molecule has 4 rings (SSSR count). The number of para-hydroxylation sites is 1. The molecule has 1 atom stereocenters. The molecular formula is C40H55N9O12. The summed E-state index contributed by atoms with van der Waals surface area (Å²) in [6.07, 6.45) is 9.82.